The van der Waals surface area contributed by atoms with E-state index in [0.29, 0.717) is 5.69 Å². The summed E-state index contributed by atoms with van der Waals surface area (Å²) in [6.45, 7) is 1.70. The number of aliphatic imine (C=N–C) groups is 1. The Kier molecular flexibility index (Phi) is 5.01. The summed E-state index contributed by atoms with van der Waals surface area (Å²) in [5, 5.41) is 9.07. The standard InChI is InChI=1S/C12H15N3O3/c1-8(18-2)11(10(7-13)12(16)17)15-9-3-5-14-6-4-9/h3-8H,13H2,1-2H3,(H,16,17)/b10-7+,15-11?/t8-/m0/s1. The van der Waals surface area contributed by atoms with Crippen molar-refractivity contribution < 1.29 is 14.6 Å². The van der Waals surface area contributed by atoms with E-state index in [4.69, 9.17) is 15.6 Å². The minimum atomic E-state index is -1.14. The second kappa shape index (κ2) is 6.51. The summed E-state index contributed by atoms with van der Waals surface area (Å²) in [6, 6.07) is 3.33. The van der Waals surface area contributed by atoms with Crippen molar-refractivity contribution in [2.75, 3.05) is 7.11 Å². The van der Waals surface area contributed by atoms with Gasteiger partial charge in [0.2, 0.25) is 0 Å². The fourth-order valence-corrected chi connectivity index (χ4v) is 1.31. The molecule has 0 radical (unpaired) electrons. The lowest BCUT2D eigenvalue weighted by atomic mass is 10.1. The normalized spacial score (nSPS) is 14.3. The van der Waals surface area contributed by atoms with Gasteiger partial charge in [0.1, 0.15) is 0 Å². The molecule has 0 aliphatic rings. The van der Waals surface area contributed by atoms with E-state index in [1.807, 2.05) is 0 Å². The minimum absolute atomic E-state index is 0.0823. The van der Waals surface area contributed by atoms with Crippen molar-refractivity contribution in [2.45, 2.75) is 13.0 Å². The summed E-state index contributed by atoms with van der Waals surface area (Å²) in [4.78, 5) is 19.2. The molecule has 96 valence electrons. The summed E-state index contributed by atoms with van der Waals surface area (Å²) >= 11 is 0. The molecule has 0 unspecified atom stereocenters. The number of ether oxygens (including phenoxy) is 1. The maximum atomic E-state index is 11.1. The second-order valence-electron chi connectivity index (χ2n) is 3.47. The zero-order valence-electron chi connectivity index (χ0n) is 10.2. The number of aliphatic carboxylic acids is 1. The maximum absolute atomic E-state index is 11.1. The number of hydrogen-bond acceptors (Lipinski definition) is 5. The van der Waals surface area contributed by atoms with Crippen LogP contribution in [0.15, 0.2) is 41.3 Å². The fraction of sp³-hybridized carbons (Fsp3) is 0.250. The molecule has 0 aliphatic carbocycles. The molecule has 1 heterocycles. The Labute approximate surface area is 105 Å². The van der Waals surface area contributed by atoms with Crippen molar-refractivity contribution in [1.29, 1.82) is 0 Å². The molecule has 0 fully saturated rings. The van der Waals surface area contributed by atoms with Gasteiger partial charge in [-0.05, 0) is 19.1 Å². The van der Waals surface area contributed by atoms with Gasteiger partial charge in [0.15, 0.2) is 0 Å². The number of carbonyl (C=O) groups is 1. The van der Waals surface area contributed by atoms with Crippen molar-refractivity contribution >= 4 is 17.4 Å². The highest BCUT2D eigenvalue weighted by Crippen LogP contribution is 2.14. The highest BCUT2D eigenvalue weighted by Gasteiger charge is 2.20. The van der Waals surface area contributed by atoms with Gasteiger partial charge in [-0.3, -0.25) is 4.98 Å². The fourth-order valence-electron chi connectivity index (χ4n) is 1.31. The van der Waals surface area contributed by atoms with Crippen molar-refractivity contribution in [3.63, 3.8) is 0 Å². The molecule has 0 amide bonds. The van der Waals surface area contributed by atoms with E-state index in [2.05, 4.69) is 9.98 Å². The van der Waals surface area contributed by atoms with Crippen LogP contribution in [0.4, 0.5) is 5.69 Å². The first-order valence-electron chi connectivity index (χ1n) is 5.27. The summed E-state index contributed by atoms with van der Waals surface area (Å²) < 4.78 is 5.11. The van der Waals surface area contributed by atoms with Crippen LogP contribution in [-0.4, -0.2) is 35.0 Å². The SMILES string of the molecule is CO[C@@H](C)C(=Nc1ccncc1)/C(=C\N)C(=O)O. The molecule has 6 heteroatoms. The Morgan fingerprint density at radius 2 is 2.17 bits per heavy atom. The van der Waals surface area contributed by atoms with Gasteiger partial charge in [-0.2, -0.15) is 0 Å². The number of carboxylic acids is 1. The molecular formula is C12H15N3O3. The quantitative estimate of drug-likeness (QED) is 0.601. The van der Waals surface area contributed by atoms with Crippen LogP contribution >= 0.6 is 0 Å². The van der Waals surface area contributed by atoms with E-state index < -0.39 is 12.1 Å². The van der Waals surface area contributed by atoms with Crippen LogP contribution in [-0.2, 0) is 9.53 Å². The molecule has 18 heavy (non-hydrogen) atoms. The van der Waals surface area contributed by atoms with Gasteiger partial charge in [0.05, 0.1) is 23.1 Å². The van der Waals surface area contributed by atoms with Gasteiger partial charge in [0, 0.05) is 25.7 Å². The van der Waals surface area contributed by atoms with Gasteiger partial charge < -0.3 is 15.6 Å². The molecule has 0 bridgehead atoms. The third-order valence-corrected chi connectivity index (χ3v) is 2.32. The Bertz CT molecular complexity index is 469. The largest absolute Gasteiger partial charge is 0.478 e. The Balaban J connectivity index is 3.22. The second-order valence-corrected chi connectivity index (χ2v) is 3.47. The monoisotopic (exact) mass is 249 g/mol. The third-order valence-electron chi connectivity index (χ3n) is 2.32. The molecule has 1 aromatic heterocycles. The molecule has 6 nitrogen and oxygen atoms in total. The molecule has 0 saturated heterocycles. The van der Waals surface area contributed by atoms with Crippen LogP contribution in [0.3, 0.4) is 0 Å². The van der Waals surface area contributed by atoms with Crippen LogP contribution in [0.25, 0.3) is 0 Å². The van der Waals surface area contributed by atoms with Crippen LogP contribution in [0.2, 0.25) is 0 Å². The molecule has 1 atom stereocenters. The van der Waals surface area contributed by atoms with Gasteiger partial charge in [-0.15, -0.1) is 0 Å². The first kappa shape index (κ1) is 13.9. The highest BCUT2D eigenvalue weighted by atomic mass is 16.5. The van der Waals surface area contributed by atoms with Gasteiger partial charge in [-0.25, -0.2) is 9.79 Å². The molecule has 0 aliphatic heterocycles. The van der Waals surface area contributed by atoms with Gasteiger partial charge in [-0.1, -0.05) is 0 Å². The minimum Gasteiger partial charge on any atom is -0.478 e. The zero-order valence-corrected chi connectivity index (χ0v) is 10.2. The summed E-state index contributed by atoms with van der Waals surface area (Å²) in [7, 11) is 1.47. The van der Waals surface area contributed by atoms with Crippen LogP contribution in [0, 0.1) is 0 Å². The van der Waals surface area contributed by atoms with E-state index in [-0.39, 0.29) is 11.3 Å². The van der Waals surface area contributed by atoms with Crippen LogP contribution in [0.1, 0.15) is 6.92 Å². The average molecular weight is 249 g/mol. The summed E-state index contributed by atoms with van der Waals surface area (Å²) in [5.41, 5.74) is 6.10. The molecule has 3 N–H and O–H groups in total. The molecular weight excluding hydrogens is 234 g/mol. The lowest BCUT2D eigenvalue weighted by Gasteiger charge is -2.13. The number of rotatable bonds is 5. The predicted molar refractivity (Wildman–Crippen MR) is 67.7 cm³/mol. The average Bonchev–Trinajstić information content (AvgIpc) is 2.38. The molecule has 1 aromatic rings. The smallest absolute Gasteiger partial charge is 0.339 e. The first-order chi connectivity index (χ1) is 8.60. The number of aromatic nitrogens is 1. The molecule has 1 rings (SSSR count). The number of methoxy groups -OCH3 is 1. The summed E-state index contributed by atoms with van der Waals surface area (Å²) in [5.74, 6) is -1.14. The Morgan fingerprint density at radius 3 is 2.61 bits per heavy atom. The van der Waals surface area contributed by atoms with Crippen molar-refractivity contribution in [3.05, 3.63) is 36.3 Å². The summed E-state index contributed by atoms with van der Waals surface area (Å²) in [6.07, 6.45) is 3.67. The topological polar surface area (TPSA) is 97.8 Å². The molecule has 0 saturated carbocycles. The van der Waals surface area contributed by atoms with Crippen molar-refractivity contribution in [3.8, 4) is 0 Å². The van der Waals surface area contributed by atoms with Crippen LogP contribution in [0.5, 0.6) is 0 Å². The van der Waals surface area contributed by atoms with E-state index in [0.717, 1.165) is 6.20 Å². The van der Waals surface area contributed by atoms with Crippen molar-refractivity contribution in [2.24, 2.45) is 10.7 Å². The Morgan fingerprint density at radius 1 is 1.56 bits per heavy atom. The van der Waals surface area contributed by atoms with Crippen LogP contribution < -0.4 is 5.73 Å². The predicted octanol–water partition coefficient (Wildman–Crippen LogP) is 1.12. The first-order valence-corrected chi connectivity index (χ1v) is 5.27. The highest BCUT2D eigenvalue weighted by molar-refractivity contribution is 6.21. The van der Waals surface area contributed by atoms with Crippen molar-refractivity contribution in [1.82, 2.24) is 4.98 Å². The van der Waals surface area contributed by atoms with E-state index in [1.54, 1.807) is 31.5 Å². The molecule has 0 aromatic carbocycles. The van der Waals surface area contributed by atoms with E-state index in [9.17, 15) is 4.79 Å². The maximum Gasteiger partial charge on any atom is 0.339 e. The lowest BCUT2D eigenvalue weighted by Crippen LogP contribution is -2.26. The van der Waals surface area contributed by atoms with Gasteiger partial charge >= 0.3 is 5.97 Å². The number of carboxylic acid groups (broad SMARTS) is 1. The number of nitrogens with zero attached hydrogens (tertiary/aromatic N) is 2. The number of nitrogens with two attached hydrogens (primary N) is 1. The van der Waals surface area contributed by atoms with Gasteiger partial charge in [0.25, 0.3) is 0 Å². The molecule has 0 spiro atoms. The van der Waals surface area contributed by atoms with E-state index >= 15 is 0 Å². The number of pyridine rings is 1. The number of hydrogen-bond donors (Lipinski definition) is 2. The lowest BCUT2D eigenvalue weighted by molar-refractivity contribution is -0.132. The third kappa shape index (κ3) is 3.39. The Hall–Kier alpha value is -2.21. The zero-order chi connectivity index (χ0) is 13.5. The van der Waals surface area contributed by atoms with E-state index in [1.165, 1.54) is 7.11 Å².